The second kappa shape index (κ2) is 5.64. The van der Waals surface area contributed by atoms with E-state index in [-0.39, 0.29) is 5.78 Å². The predicted octanol–water partition coefficient (Wildman–Crippen LogP) is 3.98. The number of carbonyl (C=O) groups is 1. The van der Waals surface area contributed by atoms with E-state index in [1.54, 1.807) is 23.5 Å². The summed E-state index contributed by atoms with van der Waals surface area (Å²) in [5, 5.41) is 1.89. The molecule has 1 aromatic carbocycles. The van der Waals surface area contributed by atoms with Crippen LogP contribution >= 0.6 is 33.9 Å². The number of thiophene rings is 1. The zero-order valence-corrected chi connectivity index (χ0v) is 12.2. The van der Waals surface area contributed by atoms with E-state index in [1.165, 1.54) is 0 Å². The van der Waals surface area contributed by atoms with E-state index in [0.717, 1.165) is 14.2 Å². The van der Waals surface area contributed by atoms with E-state index < -0.39 is 0 Å². The molecule has 0 atom stereocenters. The quantitative estimate of drug-likeness (QED) is 0.611. The molecule has 17 heavy (non-hydrogen) atoms. The molecule has 0 radical (unpaired) electrons. The fourth-order valence-corrected chi connectivity index (χ4v) is 2.79. The number of rotatable bonds is 4. The van der Waals surface area contributed by atoms with Gasteiger partial charge < -0.3 is 4.74 Å². The number of benzene rings is 1. The summed E-state index contributed by atoms with van der Waals surface area (Å²) >= 11 is 3.80. The molecule has 0 aliphatic heterocycles. The van der Waals surface area contributed by atoms with Crippen LogP contribution in [0.1, 0.15) is 22.8 Å². The molecule has 1 aromatic heterocycles. The fourth-order valence-electron chi connectivity index (χ4n) is 1.47. The lowest BCUT2D eigenvalue weighted by atomic mass is 10.1. The van der Waals surface area contributed by atoms with Crippen LogP contribution in [0.2, 0.25) is 0 Å². The van der Waals surface area contributed by atoms with E-state index in [4.69, 9.17) is 4.74 Å². The first-order valence-corrected chi connectivity index (χ1v) is 7.18. The van der Waals surface area contributed by atoms with Gasteiger partial charge in [0, 0.05) is 16.5 Å². The summed E-state index contributed by atoms with van der Waals surface area (Å²) in [7, 11) is 0. The predicted molar refractivity (Wildman–Crippen MR) is 78.1 cm³/mol. The van der Waals surface area contributed by atoms with Crippen LogP contribution < -0.4 is 4.74 Å². The summed E-state index contributed by atoms with van der Waals surface area (Å²) in [5.41, 5.74) is 1.45. The number of ketones is 1. The van der Waals surface area contributed by atoms with E-state index in [2.05, 4.69) is 22.6 Å². The van der Waals surface area contributed by atoms with Crippen LogP contribution in [0.5, 0.6) is 5.75 Å². The molecule has 4 heteroatoms. The molecule has 0 aliphatic carbocycles. The third kappa shape index (κ3) is 3.07. The first-order chi connectivity index (χ1) is 8.20. The smallest absolute Gasteiger partial charge is 0.193 e. The highest BCUT2D eigenvalue weighted by molar-refractivity contribution is 14.1. The summed E-state index contributed by atoms with van der Waals surface area (Å²) < 4.78 is 6.46. The van der Waals surface area contributed by atoms with Crippen LogP contribution in [0, 0.1) is 2.88 Å². The van der Waals surface area contributed by atoms with Crippen LogP contribution in [0.15, 0.2) is 35.7 Å². The highest BCUT2D eigenvalue weighted by Crippen LogP contribution is 2.20. The molecule has 0 saturated carbocycles. The first-order valence-electron chi connectivity index (χ1n) is 5.22. The normalized spacial score (nSPS) is 10.2. The summed E-state index contributed by atoms with van der Waals surface area (Å²) in [4.78, 5) is 12.1. The number of hydrogen-bond acceptors (Lipinski definition) is 3. The maximum Gasteiger partial charge on any atom is 0.193 e. The van der Waals surface area contributed by atoms with E-state index in [9.17, 15) is 4.79 Å². The second-order valence-corrected chi connectivity index (χ2v) is 6.23. The average molecular weight is 358 g/mol. The molecule has 1 heterocycles. The van der Waals surface area contributed by atoms with Gasteiger partial charge in [-0.25, -0.2) is 0 Å². The Morgan fingerprint density at radius 2 is 2.00 bits per heavy atom. The van der Waals surface area contributed by atoms with Crippen molar-refractivity contribution >= 4 is 39.7 Å². The van der Waals surface area contributed by atoms with Crippen LogP contribution in [0.3, 0.4) is 0 Å². The van der Waals surface area contributed by atoms with Gasteiger partial charge in [0.1, 0.15) is 5.75 Å². The third-order valence-corrected chi connectivity index (χ3v) is 4.05. The Bertz CT molecular complexity index is 516. The molecule has 0 aliphatic rings. The Hall–Kier alpha value is -0.880. The lowest BCUT2D eigenvalue weighted by Gasteiger charge is -2.03. The Labute approximate surface area is 118 Å². The molecule has 0 spiro atoms. The Kier molecular flexibility index (Phi) is 4.17. The first kappa shape index (κ1) is 12.6. The zero-order chi connectivity index (χ0) is 12.3. The average Bonchev–Trinajstić information content (AvgIpc) is 2.76. The minimum absolute atomic E-state index is 0.0622. The molecule has 0 amide bonds. The van der Waals surface area contributed by atoms with Crippen molar-refractivity contribution in [2.75, 3.05) is 6.61 Å². The SMILES string of the molecule is CCOc1ccc(C(=O)c2csc(I)c2)cc1. The van der Waals surface area contributed by atoms with Crippen LogP contribution in [0.25, 0.3) is 0 Å². The standard InChI is InChI=1S/C13H11IO2S/c1-2-16-11-5-3-9(4-6-11)13(15)10-7-12(14)17-8-10/h3-8H,2H2,1H3. The molecular formula is C13H11IO2S. The largest absolute Gasteiger partial charge is 0.494 e. The van der Waals surface area contributed by atoms with Gasteiger partial charge in [0.15, 0.2) is 5.78 Å². The van der Waals surface area contributed by atoms with Crippen molar-refractivity contribution in [1.82, 2.24) is 0 Å². The van der Waals surface area contributed by atoms with Crippen LogP contribution in [0.4, 0.5) is 0 Å². The van der Waals surface area contributed by atoms with Crippen molar-refractivity contribution in [3.05, 3.63) is 49.7 Å². The monoisotopic (exact) mass is 358 g/mol. The summed E-state index contributed by atoms with van der Waals surface area (Å²) in [5.74, 6) is 0.858. The molecule has 2 nitrogen and oxygen atoms in total. The molecule has 0 bridgehead atoms. The molecule has 2 aromatic rings. The minimum atomic E-state index is 0.0622. The summed E-state index contributed by atoms with van der Waals surface area (Å²) in [6.07, 6.45) is 0. The second-order valence-electron chi connectivity index (χ2n) is 3.43. The molecule has 0 saturated heterocycles. The van der Waals surface area contributed by atoms with Gasteiger partial charge in [-0.05, 0) is 59.8 Å². The minimum Gasteiger partial charge on any atom is -0.494 e. The molecule has 2 rings (SSSR count). The molecule has 88 valence electrons. The van der Waals surface area contributed by atoms with Crippen LogP contribution in [-0.2, 0) is 0 Å². The van der Waals surface area contributed by atoms with Crippen molar-refractivity contribution < 1.29 is 9.53 Å². The number of carbonyl (C=O) groups excluding carboxylic acids is 1. The lowest BCUT2D eigenvalue weighted by molar-refractivity contribution is 0.103. The van der Waals surface area contributed by atoms with Gasteiger partial charge >= 0.3 is 0 Å². The molecule has 0 N–H and O–H groups in total. The topological polar surface area (TPSA) is 26.3 Å². The maximum absolute atomic E-state index is 12.1. The van der Waals surface area contributed by atoms with Gasteiger partial charge in [0.2, 0.25) is 0 Å². The molecule has 0 unspecified atom stereocenters. The van der Waals surface area contributed by atoms with Gasteiger partial charge in [0.25, 0.3) is 0 Å². The summed E-state index contributed by atoms with van der Waals surface area (Å²) in [6.45, 7) is 2.57. The van der Waals surface area contributed by atoms with Crippen molar-refractivity contribution in [3.63, 3.8) is 0 Å². The zero-order valence-electron chi connectivity index (χ0n) is 9.27. The highest BCUT2D eigenvalue weighted by Gasteiger charge is 2.10. The van der Waals surface area contributed by atoms with Crippen molar-refractivity contribution in [1.29, 1.82) is 0 Å². The number of hydrogen-bond donors (Lipinski definition) is 0. The number of halogens is 1. The van der Waals surface area contributed by atoms with Gasteiger partial charge in [-0.1, -0.05) is 0 Å². The Balaban J connectivity index is 2.20. The lowest BCUT2D eigenvalue weighted by Crippen LogP contribution is -1.99. The van der Waals surface area contributed by atoms with Crippen LogP contribution in [-0.4, -0.2) is 12.4 Å². The maximum atomic E-state index is 12.1. The van der Waals surface area contributed by atoms with Gasteiger partial charge in [-0.15, -0.1) is 11.3 Å². The fraction of sp³-hybridized carbons (Fsp3) is 0.154. The van der Waals surface area contributed by atoms with Crippen molar-refractivity contribution in [2.45, 2.75) is 6.92 Å². The summed E-state index contributed by atoms with van der Waals surface area (Å²) in [6, 6.07) is 9.17. The van der Waals surface area contributed by atoms with Gasteiger partial charge in [-0.2, -0.15) is 0 Å². The van der Waals surface area contributed by atoms with Crippen molar-refractivity contribution in [3.8, 4) is 5.75 Å². The van der Waals surface area contributed by atoms with E-state index in [0.29, 0.717) is 12.2 Å². The number of ether oxygens (including phenoxy) is 1. The molecule has 0 fully saturated rings. The highest BCUT2D eigenvalue weighted by atomic mass is 127. The van der Waals surface area contributed by atoms with E-state index >= 15 is 0 Å². The van der Waals surface area contributed by atoms with Crippen molar-refractivity contribution in [2.24, 2.45) is 0 Å². The Morgan fingerprint density at radius 3 is 2.53 bits per heavy atom. The van der Waals surface area contributed by atoms with E-state index in [1.807, 2.05) is 30.5 Å². The third-order valence-electron chi connectivity index (χ3n) is 2.26. The Morgan fingerprint density at radius 1 is 1.29 bits per heavy atom. The van der Waals surface area contributed by atoms with Gasteiger partial charge in [0.05, 0.1) is 9.49 Å². The molecular weight excluding hydrogens is 347 g/mol. The van der Waals surface area contributed by atoms with Gasteiger partial charge in [-0.3, -0.25) is 4.79 Å².